The first-order valence-corrected chi connectivity index (χ1v) is 5.69. The van der Waals surface area contributed by atoms with Gasteiger partial charge < -0.3 is 5.32 Å². The standard InChI is InChI=1S/C10H14N2OS/c1-6-9(14-7(2)11-6)5-8-3-4-10(13)12-8/h8H,3-5H2,1-2H3,(H,12,13). The molecule has 0 spiro atoms. The Bertz CT molecular complexity index is 359. The van der Waals surface area contributed by atoms with Crippen LogP contribution in [0.1, 0.15) is 28.4 Å². The summed E-state index contributed by atoms with van der Waals surface area (Å²) >= 11 is 1.74. The lowest BCUT2D eigenvalue weighted by Crippen LogP contribution is -2.27. The summed E-state index contributed by atoms with van der Waals surface area (Å²) in [6.45, 7) is 4.06. The Morgan fingerprint density at radius 2 is 2.36 bits per heavy atom. The molecular formula is C10H14N2OS. The maximum absolute atomic E-state index is 11.0. The topological polar surface area (TPSA) is 42.0 Å². The first-order chi connectivity index (χ1) is 6.65. The van der Waals surface area contributed by atoms with E-state index in [-0.39, 0.29) is 5.91 Å². The fourth-order valence-electron chi connectivity index (χ4n) is 1.82. The molecule has 1 fully saturated rings. The van der Waals surface area contributed by atoms with Crippen LogP contribution in [0.4, 0.5) is 0 Å². The molecule has 1 saturated heterocycles. The predicted molar refractivity (Wildman–Crippen MR) is 56.5 cm³/mol. The van der Waals surface area contributed by atoms with Crippen molar-refractivity contribution in [3.63, 3.8) is 0 Å². The minimum Gasteiger partial charge on any atom is -0.353 e. The summed E-state index contributed by atoms with van der Waals surface area (Å²) in [4.78, 5) is 16.7. The van der Waals surface area contributed by atoms with E-state index in [9.17, 15) is 4.79 Å². The van der Waals surface area contributed by atoms with Crippen molar-refractivity contribution in [3.05, 3.63) is 15.6 Å². The summed E-state index contributed by atoms with van der Waals surface area (Å²) in [6.07, 6.45) is 2.60. The molecule has 1 aliphatic heterocycles. The molecule has 1 aromatic heterocycles. The first-order valence-electron chi connectivity index (χ1n) is 4.87. The highest BCUT2D eigenvalue weighted by atomic mass is 32.1. The number of rotatable bonds is 2. The lowest BCUT2D eigenvalue weighted by atomic mass is 10.1. The molecule has 2 heterocycles. The van der Waals surface area contributed by atoms with Crippen molar-refractivity contribution in [1.29, 1.82) is 0 Å². The third kappa shape index (κ3) is 1.95. The van der Waals surface area contributed by atoms with Crippen molar-refractivity contribution in [2.75, 3.05) is 0 Å². The number of aromatic nitrogens is 1. The van der Waals surface area contributed by atoms with Crippen molar-refractivity contribution >= 4 is 17.2 Å². The first kappa shape index (κ1) is 9.65. The van der Waals surface area contributed by atoms with E-state index in [1.807, 2.05) is 13.8 Å². The average molecular weight is 210 g/mol. The highest BCUT2D eigenvalue weighted by molar-refractivity contribution is 7.11. The highest BCUT2D eigenvalue weighted by Crippen LogP contribution is 2.21. The summed E-state index contributed by atoms with van der Waals surface area (Å²) in [5.74, 6) is 0.189. The summed E-state index contributed by atoms with van der Waals surface area (Å²) in [5, 5.41) is 4.09. The molecule has 1 aliphatic rings. The van der Waals surface area contributed by atoms with E-state index in [1.54, 1.807) is 11.3 Å². The van der Waals surface area contributed by atoms with E-state index in [0.29, 0.717) is 12.5 Å². The molecule has 1 aromatic rings. The maximum atomic E-state index is 11.0. The zero-order chi connectivity index (χ0) is 10.1. The Hall–Kier alpha value is -0.900. The van der Waals surface area contributed by atoms with Gasteiger partial charge in [0.2, 0.25) is 5.91 Å². The lowest BCUT2D eigenvalue weighted by Gasteiger charge is -2.07. The summed E-state index contributed by atoms with van der Waals surface area (Å²) in [6, 6.07) is 0.334. The number of nitrogens with one attached hydrogen (secondary N) is 1. The molecule has 2 rings (SSSR count). The zero-order valence-electron chi connectivity index (χ0n) is 8.46. The summed E-state index contributed by atoms with van der Waals surface area (Å²) < 4.78 is 0. The number of hydrogen-bond acceptors (Lipinski definition) is 3. The van der Waals surface area contributed by atoms with Crippen molar-refractivity contribution in [2.45, 2.75) is 39.2 Å². The fourth-order valence-corrected chi connectivity index (χ4v) is 2.83. The van der Waals surface area contributed by atoms with Crippen LogP contribution in [0.3, 0.4) is 0 Å². The second-order valence-corrected chi connectivity index (χ2v) is 5.04. The van der Waals surface area contributed by atoms with E-state index in [0.717, 1.165) is 23.5 Å². The van der Waals surface area contributed by atoms with E-state index in [1.165, 1.54) is 4.88 Å². The molecule has 14 heavy (non-hydrogen) atoms. The Morgan fingerprint density at radius 3 is 2.86 bits per heavy atom. The molecule has 0 aromatic carbocycles. The molecule has 0 aliphatic carbocycles. The number of carbonyl (C=O) groups excluding carboxylic acids is 1. The van der Waals surface area contributed by atoms with Crippen molar-refractivity contribution in [3.8, 4) is 0 Å². The van der Waals surface area contributed by atoms with E-state index < -0.39 is 0 Å². The molecule has 1 N–H and O–H groups in total. The molecule has 1 amide bonds. The van der Waals surface area contributed by atoms with Gasteiger partial charge in [0.15, 0.2) is 0 Å². The largest absolute Gasteiger partial charge is 0.353 e. The number of thiazole rings is 1. The summed E-state index contributed by atoms with van der Waals surface area (Å²) in [5.41, 5.74) is 1.12. The van der Waals surface area contributed by atoms with Crippen LogP contribution in [-0.4, -0.2) is 16.9 Å². The van der Waals surface area contributed by atoms with E-state index >= 15 is 0 Å². The normalized spacial score (nSPS) is 21.3. The minimum absolute atomic E-state index is 0.189. The predicted octanol–water partition coefficient (Wildman–Crippen LogP) is 1.58. The van der Waals surface area contributed by atoms with E-state index in [2.05, 4.69) is 10.3 Å². The number of carbonyl (C=O) groups is 1. The molecular weight excluding hydrogens is 196 g/mol. The molecule has 3 nitrogen and oxygen atoms in total. The average Bonchev–Trinajstić information content (AvgIpc) is 2.61. The second kappa shape index (κ2) is 3.69. The van der Waals surface area contributed by atoms with Gasteiger partial charge in [0.25, 0.3) is 0 Å². The minimum atomic E-state index is 0.189. The Labute approximate surface area is 87.6 Å². The number of nitrogens with zero attached hydrogens (tertiary/aromatic N) is 1. The Morgan fingerprint density at radius 1 is 1.57 bits per heavy atom. The lowest BCUT2D eigenvalue weighted by molar-refractivity contribution is -0.119. The highest BCUT2D eigenvalue weighted by Gasteiger charge is 2.22. The molecule has 4 heteroatoms. The molecule has 0 radical (unpaired) electrons. The van der Waals surface area contributed by atoms with Crippen LogP contribution in [0.2, 0.25) is 0 Å². The number of aryl methyl sites for hydroxylation is 2. The van der Waals surface area contributed by atoms with Crippen LogP contribution < -0.4 is 5.32 Å². The molecule has 0 saturated carbocycles. The van der Waals surface area contributed by atoms with Gasteiger partial charge in [-0.3, -0.25) is 4.79 Å². The van der Waals surface area contributed by atoms with Gasteiger partial charge in [0, 0.05) is 23.8 Å². The molecule has 76 valence electrons. The molecule has 0 bridgehead atoms. The number of hydrogen-bond donors (Lipinski definition) is 1. The van der Waals surface area contributed by atoms with Crippen LogP contribution in [-0.2, 0) is 11.2 Å². The fraction of sp³-hybridized carbons (Fsp3) is 0.600. The Kier molecular flexibility index (Phi) is 2.54. The molecule has 1 unspecified atom stereocenters. The van der Waals surface area contributed by atoms with Gasteiger partial charge in [0.1, 0.15) is 0 Å². The third-order valence-electron chi connectivity index (χ3n) is 2.52. The van der Waals surface area contributed by atoms with Crippen molar-refractivity contribution in [2.24, 2.45) is 0 Å². The quantitative estimate of drug-likeness (QED) is 0.805. The van der Waals surface area contributed by atoms with Gasteiger partial charge in [-0.25, -0.2) is 4.98 Å². The third-order valence-corrected chi connectivity index (χ3v) is 3.61. The van der Waals surface area contributed by atoms with Gasteiger partial charge in [-0.1, -0.05) is 0 Å². The van der Waals surface area contributed by atoms with Gasteiger partial charge in [-0.15, -0.1) is 11.3 Å². The van der Waals surface area contributed by atoms with Crippen LogP contribution in [0.5, 0.6) is 0 Å². The van der Waals surface area contributed by atoms with Crippen molar-refractivity contribution in [1.82, 2.24) is 10.3 Å². The maximum Gasteiger partial charge on any atom is 0.220 e. The van der Waals surface area contributed by atoms with Gasteiger partial charge in [-0.05, 0) is 20.3 Å². The zero-order valence-corrected chi connectivity index (χ0v) is 9.28. The van der Waals surface area contributed by atoms with Crippen molar-refractivity contribution < 1.29 is 4.79 Å². The van der Waals surface area contributed by atoms with Gasteiger partial charge in [-0.2, -0.15) is 0 Å². The summed E-state index contributed by atoms with van der Waals surface area (Å²) in [7, 11) is 0. The Balaban J connectivity index is 2.04. The van der Waals surface area contributed by atoms with Crippen LogP contribution in [0.25, 0.3) is 0 Å². The monoisotopic (exact) mass is 210 g/mol. The SMILES string of the molecule is Cc1nc(C)c(CC2CCC(=O)N2)s1. The smallest absolute Gasteiger partial charge is 0.220 e. The van der Waals surface area contributed by atoms with Crippen LogP contribution in [0.15, 0.2) is 0 Å². The molecule has 1 atom stereocenters. The number of amides is 1. The second-order valence-electron chi connectivity index (χ2n) is 3.75. The van der Waals surface area contributed by atoms with Gasteiger partial charge >= 0.3 is 0 Å². The van der Waals surface area contributed by atoms with Crippen LogP contribution in [0, 0.1) is 13.8 Å². The van der Waals surface area contributed by atoms with Crippen LogP contribution >= 0.6 is 11.3 Å². The van der Waals surface area contributed by atoms with E-state index in [4.69, 9.17) is 0 Å². The van der Waals surface area contributed by atoms with Gasteiger partial charge in [0.05, 0.1) is 10.7 Å².